The lowest BCUT2D eigenvalue weighted by molar-refractivity contribution is 0.223. The second kappa shape index (κ2) is 6.63. The predicted molar refractivity (Wildman–Crippen MR) is 83.1 cm³/mol. The average Bonchev–Trinajstić information content (AvgIpc) is 2.55. The van der Waals surface area contributed by atoms with Crippen LogP contribution in [0.15, 0.2) is 30.3 Å². The fourth-order valence-corrected chi connectivity index (χ4v) is 2.25. The maximum Gasteiger partial charge on any atom is 0.243 e. The number of aromatic nitrogens is 3. The van der Waals surface area contributed by atoms with Crippen LogP contribution in [0.1, 0.15) is 37.7 Å². The Hall–Kier alpha value is -2.01. The molecule has 1 unspecified atom stereocenters. The summed E-state index contributed by atoms with van der Waals surface area (Å²) in [4.78, 5) is 4.52. The van der Waals surface area contributed by atoms with Crippen molar-refractivity contribution < 1.29 is 5.11 Å². The van der Waals surface area contributed by atoms with Crippen molar-refractivity contribution in [3.8, 4) is 0 Å². The summed E-state index contributed by atoms with van der Waals surface area (Å²) in [5.41, 5.74) is 2.22. The third-order valence-electron chi connectivity index (χ3n) is 3.62. The number of benzene rings is 1. The van der Waals surface area contributed by atoms with Gasteiger partial charge in [-0.2, -0.15) is 5.10 Å². The molecule has 0 spiro atoms. The molecule has 1 heterocycles. The van der Waals surface area contributed by atoms with Crippen LogP contribution in [0, 0.1) is 0 Å². The van der Waals surface area contributed by atoms with E-state index in [0.717, 1.165) is 29.8 Å². The van der Waals surface area contributed by atoms with Gasteiger partial charge in [-0.05, 0) is 25.3 Å². The molecule has 0 fully saturated rings. The number of nitrogens with zero attached hydrogens (tertiary/aromatic N) is 3. The van der Waals surface area contributed by atoms with Gasteiger partial charge in [-0.15, -0.1) is 5.10 Å². The smallest absolute Gasteiger partial charge is 0.243 e. The fraction of sp³-hybridized carbons (Fsp3) is 0.438. The van der Waals surface area contributed by atoms with Crippen LogP contribution in [-0.4, -0.2) is 26.9 Å². The van der Waals surface area contributed by atoms with Gasteiger partial charge in [0.25, 0.3) is 0 Å². The van der Waals surface area contributed by atoms with Gasteiger partial charge in [0.2, 0.25) is 5.95 Å². The standard InChI is InChI=1S/C16H22N4O/c1-4-13-14(5-2)19-20-15(17-13)18-16(3,11-21)12-9-7-6-8-10-12/h6-10,21H,4-5,11H2,1-3H3,(H,17,18,20). The lowest BCUT2D eigenvalue weighted by Crippen LogP contribution is -2.36. The maximum absolute atomic E-state index is 9.79. The summed E-state index contributed by atoms with van der Waals surface area (Å²) < 4.78 is 0. The van der Waals surface area contributed by atoms with Crippen LogP contribution in [0.4, 0.5) is 5.95 Å². The molecule has 0 aliphatic carbocycles. The van der Waals surface area contributed by atoms with Crippen LogP contribution >= 0.6 is 0 Å². The summed E-state index contributed by atoms with van der Waals surface area (Å²) in [6, 6.07) is 9.78. The Morgan fingerprint density at radius 1 is 1.05 bits per heavy atom. The fourth-order valence-electron chi connectivity index (χ4n) is 2.25. The number of nitrogens with one attached hydrogen (secondary N) is 1. The Balaban J connectivity index is 2.30. The van der Waals surface area contributed by atoms with E-state index in [4.69, 9.17) is 0 Å². The van der Waals surface area contributed by atoms with Crippen molar-refractivity contribution >= 4 is 5.95 Å². The minimum absolute atomic E-state index is 0.0582. The molecular weight excluding hydrogens is 264 g/mol. The number of aryl methyl sites for hydroxylation is 2. The molecule has 1 atom stereocenters. The van der Waals surface area contributed by atoms with Gasteiger partial charge >= 0.3 is 0 Å². The Morgan fingerprint density at radius 2 is 1.71 bits per heavy atom. The normalized spacial score (nSPS) is 13.7. The largest absolute Gasteiger partial charge is 0.394 e. The van der Waals surface area contributed by atoms with Crippen molar-refractivity contribution in [3.05, 3.63) is 47.3 Å². The van der Waals surface area contributed by atoms with Gasteiger partial charge < -0.3 is 10.4 Å². The quantitative estimate of drug-likeness (QED) is 0.852. The third-order valence-corrected chi connectivity index (χ3v) is 3.62. The van der Waals surface area contributed by atoms with Crippen LogP contribution in [0.2, 0.25) is 0 Å². The molecule has 21 heavy (non-hydrogen) atoms. The van der Waals surface area contributed by atoms with Crippen LogP contribution in [-0.2, 0) is 18.4 Å². The van der Waals surface area contributed by atoms with Crippen molar-refractivity contribution in [2.24, 2.45) is 0 Å². The summed E-state index contributed by atoms with van der Waals surface area (Å²) in [5.74, 6) is 0.449. The number of hydrogen-bond donors (Lipinski definition) is 2. The first kappa shape index (κ1) is 15.4. The zero-order chi connectivity index (χ0) is 15.3. The Morgan fingerprint density at radius 3 is 2.29 bits per heavy atom. The molecule has 0 bridgehead atoms. The van der Waals surface area contributed by atoms with E-state index < -0.39 is 5.54 Å². The second-order valence-electron chi connectivity index (χ2n) is 5.22. The molecule has 2 rings (SSSR count). The van der Waals surface area contributed by atoms with Gasteiger partial charge in [-0.3, -0.25) is 0 Å². The summed E-state index contributed by atoms with van der Waals surface area (Å²) in [6.45, 7) is 5.96. The number of anilines is 1. The second-order valence-corrected chi connectivity index (χ2v) is 5.22. The van der Waals surface area contributed by atoms with Crippen molar-refractivity contribution in [1.82, 2.24) is 15.2 Å². The highest BCUT2D eigenvalue weighted by atomic mass is 16.3. The molecule has 0 amide bonds. The van der Waals surface area contributed by atoms with Gasteiger partial charge in [0, 0.05) is 0 Å². The van der Waals surface area contributed by atoms with Crippen molar-refractivity contribution in [1.29, 1.82) is 0 Å². The maximum atomic E-state index is 9.79. The first-order valence-corrected chi connectivity index (χ1v) is 7.30. The van der Waals surface area contributed by atoms with Gasteiger partial charge in [0.15, 0.2) is 0 Å². The lowest BCUT2D eigenvalue weighted by atomic mass is 9.93. The molecule has 2 aromatic rings. The monoisotopic (exact) mass is 286 g/mol. The molecule has 1 aromatic heterocycles. The highest BCUT2D eigenvalue weighted by Gasteiger charge is 2.26. The van der Waals surface area contributed by atoms with E-state index in [-0.39, 0.29) is 6.61 Å². The van der Waals surface area contributed by atoms with E-state index >= 15 is 0 Å². The minimum Gasteiger partial charge on any atom is -0.394 e. The summed E-state index contributed by atoms with van der Waals surface area (Å²) in [5, 5.41) is 21.4. The summed E-state index contributed by atoms with van der Waals surface area (Å²) in [6.07, 6.45) is 1.63. The lowest BCUT2D eigenvalue weighted by Gasteiger charge is -2.29. The van der Waals surface area contributed by atoms with Gasteiger partial charge in [0.1, 0.15) is 0 Å². The van der Waals surface area contributed by atoms with Gasteiger partial charge in [-0.25, -0.2) is 4.98 Å². The molecule has 0 saturated carbocycles. The summed E-state index contributed by atoms with van der Waals surface area (Å²) >= 11 is 0. The summed E-state index contributed by atoms with van der Waals surface area (Å²) in [7, 11) is 0. The number of aliphatic hydroxyl groups is 1. The van der Waals surface area contributed by atoms with E-state index in [1.807, 2.05) is 44.2 Å². The Labute approximate surface area is 125 Å². The minimum atomic E-state index is -0.637. The zero-order valence-electron chi connectivity index (χ0n) is 12.8. The molecule has 1 aromatic carbocycles. The molecule has 0 radical (unpaired) electrons. The van der Waals surface area contributed by atoms with Gasteiger partial charge in [0.05, 0.1) is 23.5 Å². The molecule has 112 valence electrons. The molecular formula is C16H22N4O. The highest BCUT2D eigenvalue weighted by molar-refractivity contribution is 5.37. The first-order valence-electron chi connectivity index (χ1n) is 7.30. The molecule has 5 heteroatoms. The van der Waals surface area contributed by atoms with Crippen molar-refractivity contribution in [2.75, 3.05) is 11.9 Å². The highest BCUT2D eigenvalue weighted by Crippen LogP contribution is 2.24. The average molecular weight is 286 g/mol. The van der Waals surface area contributed by atoms with Crippen LogP contribution in [0.25, 0.3) is 0 Å². The van der Waals surface area contributed by atoms with Crippen molar-refractivity contribution in [3.63, 3.8) is 0 Å². The Kier molecular flexibility index (Phi) is 4.85. The SMILES string of the molecule is CCc1nnc(NC(C)(CO)c2ccccc2)nc1CC. The molecule has 2 N–H and O–H groups in total. The van der Waals surface area contributed by atoms with E-state index in [9.17, 15) is 5.11 Å². The van der Waals surface area contributed by atoms with E-state index in [0.29, 0.717) is 5.95 Å². The molecule has 0 saturated heterocycles. The van der Waals surface area contributed by atoms with Crippen molar-refractivity contribution in [2.45, 2.75) is 39.2 Å². The van der Waals surface area contributed by atoms with Crippen LogP contribution < -0.4 is 5.32 Å². The van der Waals surface area contributed by atoms with Crippen LogP contribution in [0.3, 0.4) is 0 Å². The van der Waals surface area contributed by atoms with Crippen LogP contribution in [0.5, 0.6) is 0 Å². The topological polar surface area (TPSA) is 70.9 Å². The van der Waals surface area contributed by atoms with E-state index in [1.165, 1.54) is 0 Å². The predicted octanol–water partition coefficient (Wildman–Crippen LogP) is 2.32. The Bertz CT molecular complexity index is 588. The molecule has 5 nitrogen and oxygen atoms in total. The van der Waals surface area contributed by atoms with E-state index in [2.05, 4.69) is 27.4 Å². The van der Waals surface area contributed by atoms with E-state index in [1.54, 1.807) is 0 Å². The number of rotatable bonds is 6. The zero-order valence-corrected chi connectivity index (χ0v) is 12.8. The first-order chi connectivity index (χ1) is 10.1. The van der Waals surface area contributed by atoms with Gasteiger partial charge in [-0.1, -0.05) is 44.2 Å². The number of aliphatic hydroxyl groups excluding tert-OH is 1. The molecule has 0 aliphatic heterocycles. The molecule has 0 aliphatic rings. The third kappa shape index (κ3) is 3.36. The number of hydrogen-bond acceptors (Lipinski definition) is 5.